The van der Waals surface area contributed by atoms with Gasteiger partial charge in [0.1, 0.15) is 48.2 Å². The summed E-state index contributed by atoms with van der Waals surface area (Å²) < 4.78 is 51.4. The quantitative estimate of drug-likeness (QED) is 0.0447. The summed E-state index contributed by atoms with van der Waals surface area (Å²) in [5, 5.41) is 52.7. The number of amides is 2. The third-order valence-corrected chi connectivity index (χ3v) is 11.1. The van der Waals surface area contributed by atoms with Crippen molar-refractivity contribution in [1.29, 1.82) is 5.41 Å². The molecule has 2 fully saturated rings. The number of phosphoric ester groups is 2. The van der Waals surface area contributed by atoms with Crippen molar-refractivity contribution in [2.45, 2.75) is 68.2 Å². The van der Waals surface area contributed by atoms with Crippen molar-refractivity contribution >= 4 is 50.2 Å². The fraction of sp³-hybridized carbons (Fsp3) is 0.438. The number of nitrogens with zero attached hydrogens (tertiary/aromatic N) is 4. The van der Waals surface area contributed by atoms with Crippen molar-refractivity contribution in [3.63, 3.8) is 0 Å². The summed E-state index contributed by atoms with van der Waals surface area (Å²) in [6, 6.07) is 5.67. The molecule has 4 heterocycles. The molecule has 10 atom stereocenters. The highest BCUT2D eigenvalue weighted by Gasteiger charge is 2.48. The molecule has 0 aliphatic carbocycles. The lowest BCUT2D eigenvalue weighted by Crippen LogP contribution is -2.33. The van der Waals surface area contributed by atoms with Crippen LogP contribution in [0.4, 0.5) is 5.82 Å². The summed E-state index contributed by atoms with van der Waals surface area (Å²) >= 11 is 0. The number of rotatable bonds is 16. The molecule has 1 aromatic carbocycles. The van der Waals surface area contributed by atoms with Gasteiger partial charge in [-0.25, -0.2) is 24.1 Å². The standard InChI is InChI=1S/C32H38N8O15P2/c1-2-3-8-18(33)12-22(41)36-10-5-9-21-38-29(34)23-31(39-21)40(15-37-23)32-27(45)25(43)20(54-32)14-52-57(49,50)55-56(47,48)51-13-19-24(42)26(44)28(53-19)16-6-4-7-17(11-16)30(35)46/h1,4,6-7,11,15,19-20,24-28,32-33,42-45H,3,8,10,12-14H2,(H2,35,46)(H,36,41)(H,47,48)(H,49,50)(H2,34,38,39)/t19-,20+,24?,25?,26?,27?,28+,32+/m1/s1. The first kappa shape index (κ1) is 43.4. The minimum absolute atomic E-state index is 0.000439. The number of carbonyl (C=O) groups is 2. The zero-order valence-electron chi connectivity index (χ0n) is 29.5. The Labute approximate surface area is 323 Å². The largest absolute Gasteiger partial charge is 0.481 e. The number of benzene rings is 1. The van der Waals surface area contributed by atoms with Gasteiger partial charge < -0.3 is 61.9 Å². The normalized spacial score (nSPS) is 26.5. The Balaban J connectivity index is 1.16. The molecule has 306 valence electrons. The molecule has 2 aliphatic heterocycles. The number of ether oxygens (including phenoxy) is 2. The van der Waals surface area contributed by atoms with Crippen molar-refractivity contribution in [3.8, 4) is 24.2 Å². The molecule has 6 unspecified atom stereocenters. The highest BCUT2D eigenvalue weighted by atomic mass is 31.3. The number of carbonyl (C=O) groups excluding carboxylic acids is 2. The second kappa shape index (κ2) is 18.3. The molecule has 2 aliphatic rings. The molecule has 23 nitrogen and oxygen atoms in total. The Bertz CT molecular complexity index is 2210. The van der Waals surface area contributed by atoms with E-state index in [2.05, 4.69) is 42.3 Å². The minimum atomic E-state index is -5.46. The third kappa shape index (κ3) is 10.8. The number of hydrogen-bond acceptors (Lipinski definition) is 18. The smallest absolute Gasteiger partial charge is 0.387 e. The Hall–Kier alpha value is -4.68. The van der Waals surface area contributed by atoms with Crippen LogP contribution in [-0.2, 0) is 36.8 Å². The summed E-state index contributed by atoms with van der Waals surface area (Å²) in [5.74, 6) is 6.24. The second-order valence-corrected chi connectivity index (χ2v) is 15.6. The molecule has 5 rings (SSSR count). The summed E-state index contributed by atoms with van der Waals surface area (Å²) in [7, 11) is -10.9. The van der Waals surface area contributed by atoms with E-state index in [0.717, 1.165) is 6.33 Å². The summed E-state index contributed by atoms with van der Waals surface area (Å²) in [4.78, 5) is 56.3. The first-order chi connectivity index (χ1) is 26.9. The molecule has 25 heteroatoms. The number of fused-ring (bicyclic) bond motifs is 1. The lowest BCUT2D eigenvalue weighted by molar-refractivity contribution is -0.119. The molecule has 0 saturated carbocycles. The number of imidazole rings is 1. The van der Waals surface area contributed by atoms with Gasteiger partial charge in [0.2, 0.25) is 17.6 Å². The number of terminal acetylenes is 1. The van der Waals surface area contributed by atoms with Gasteiger partial charge >= 0.3 is 15.6 Å². The SMILES string of the molecule is C#CCCC(=N)CC(=O)NCC#Cc1nc(N)c2ncn([C@H]3O[C@@H](COP(=O)(O)OP(=O)(O)OC[C@H]4O[C@@H](c5cccc(C(N)=O)c5)C(O)C4O)C(O)C3O)c2n1. The highest BCUT2D eigenvalue weighted by molar-refractivity contribution is 7.61. The van der Waals surface area contributed by atoms with Gasteiger partial charge in [0.25, 0.3) is 0 Å². The number of phosphoric acid groups is 2. The second-order valence-electron chi connectivity index (χ2n) is 12.5. The van der Waals surface area contributed by atoms with Crippen LogP contribution < -0.4 is 16.8 Å². The van der Waals surface area contributed by atoms with E-state index < -0.39 is 89.6 Å². The van der Waals surface area contributed by atoms with Gasteiger partial charge in [0, 0.05) is 17.7 Å². The van der Waals surface area contributed by atoms with Gasteiger partial charge in [-0.05, 0) is 30.0 Å². The Kier molecular flexibility index (Phi) is 13.9. The van der Waals surface area contributed by atoms with E-state index in [9.17, 15) is 48.9 Å². The van der Waals surface area contributed by atoms with E-state index in [-0.39, 0.29) is 52.6 Å². The number of anilines is 1. The average molecular weight is 837 g/mol. The maximum absolute atomic E-state index is 12.6. The Morgan fingerprint density at radius 3 is 2.35 bits per heavy atom. The van der Waals surface area contributed by atoms with Gasteiger partial charge in [-0.3, -0.25) is 23.2 Å². The van der Waals surface area contributed by atoms with Crippen molar-refractivity contribution in [1.82, 2.24) is 24.8 Å². The van der Waals surface area contributed by atoms with Crippen LogP contribution in [-0.4, -0.2) is 124 Å². The lowest BCUT2D eigenvalue weighted by atomic mass is 10.00. The Morgan fingerprint density at radius 1 is 1.02 bits per heavy atom. The molecule has 57 heavy (non-hydrogen) atoms. The number of aromatic nitrogens is 4. The zero-order chi connectivity index (χ0) is 41.7. The van der Waals surface area contributed by atoms with Crippen LogP contribution >= 0.6 is 15.6 Å². The van der Waals surface area contributed by atoms with Crippen molar-refractivity contribution in [3.05, 3.63) is 47.5 Å². The number of nitrogens with one attached hydrogen (secondary N) is 2. The molecule has 2 saturated heterocycles. The van der Waals surface area contributed by atoms with Gasteiger partial charge in [-0.2, -0.15) is 4.31 Å². The fourth-order valence-electron chi connectivity index (χ4n) is 5.65. The van der Waals surface area contributed by atoms with Gasteiger partial charge in [0.05, 0.1) is 32.5 Å². The Morgan fingerprint density at radius 2 is 1.68 bits per heavy atom. The molecule has 0 spiro atoms. The maximum atomic E-state index is 12.6. The van der Waals surface area contributed by atoms with Crippen LogP contribution in [0.5, 0.6) is 0 Å². The molecular weight excluding hydrogens is 798 g/mol. The van der Waals surface area contributed by atoms with Gasteiger partial charge in [-0.1, -0.05) is 18.1 Å². The zero-order valence-corrected chi connectivity index (χ0v) is 31.3. The van der Waals surface area contributed by atoms with Crippen LogP contribution in [0.1, 0.15) is 53.3 Å². The average Bonchev–Trinajstić information content (AvgIpc) is 3.79. The summed E-state index contributed by atoms with van der Waals surface area (Å²) in [5.41, 5.74) is 11.9. The number of aliphatic hydroxyl groups excluding tert-OH is 4. The minimum Gasteiger partial charge on any atom is -0.387 e. The number of nitrogens with two attached hydrogens (primary N) is 2. The van der Waals surface area contributed by atoms with Crippen LogP contribution in [0.15, 0.2) is 30.6 Å². The molecule has 12 N–H and O–H groups in total. The number of aliphatic hydroxyl groups is 4. The molecule has 3 aromatic rings. The van der Waals surface area contributed by atoms with Crippen molar-refractivity contribution in [2.24, 2.45) is 5.73 Å². The fourth-order valence-corrected chi connectivity index (χ4v) is 7.75. The number of nitrogen functional groups attached to an aromatic ring is 1. The van der Waals surface area contributed by atoms with E-state index >= 15 is 0 Å². The highest BCUT2D eigenvalue weighted by Crippen LogP contribution is 2.61. The van der Waals surface area contributed by atoms with Crippen LogP contribution in [0.3, 0.4) is 0 Å². The van der Waals surface area contributed by atoms with Gasteiger partial charge in [-0.15, -0.1) is 12.3 Å². The summed E-state index contributed by atoms with van der Waals surface area (Å²) in [6.07, 6.45) is -5.52. The van der Waals surface area contributed by atoms with E-state index in [1.807, 2.05) is 0 Å². The van der Waals surface area contributed by atoms with E-state index in [1.165, 1.54) is 28.8 Å². The molecule has 2 amide bonds. The lowest BCUT2D eigenvalue weighted by Gasteiger charge is -2.20. The maximum Gasteiger partial charge on any atom is 0.481 e. The topological polar surface area (TPSA) is 367 Å². The van der Waals surface area contributed by atoms with E-state index in [1.54, 1.807) is 0 Å². The van der Waals surface area contributed by atoms with Gasteiger partial charge in [0.15, 0.2) is 17.7 Å². The molecule has 0 radical (unpaired) electrons. The molecule has 0 bridgehead atoms. The van der Waals surface area contributed by atoms with Crippen LogP contribution in [0.2, 0.25) is 0 Å². The molecular formula is C32H38N8O15P2. The molecule has 2 aromatic heterocycles. The van der Waals surface area contributed by atoms with Crippen LogP contribution in [0, 0.1) is 29.6 Å². The monoisotopic (exact) mass is 836 g/mol. The van der Waals surface area contributed by atoms with Crippen LogP contribution in [0.25, 0.3) is 11.2 Å². The van der Waals surface area contributed by atoms with E-state index in [0.29, 0.717) is 12.8 Å². The first-order valence-electron chi connectivity index (χ1n) is 16.7. The third-order valence-electron chi connectivity index (χ3n) is 8.45. The number of primary amides is 1. The number of hydrogen-bond donors (Lipinski definition) is 10. The van der Waals surface area contributed by atoms with Crippen molar-refractivity contribution < 1.29 is 71.8 Å². The summed E-state index contributed by atoms with van der Waals surface area (Å²) in [6.45, 7) is -2.01. The van der Waals surface area contributed by atoms with E-state index in [4.69, 9.17) is 41.8 Å². The van der Waals surface area contributed by atoms with Crippen molar-refractivity contribution in [2.75, 3.05) is 25.5 Å². The predicted molar refractivity (Wildman–Crippen MR) is 193 cm³/mol. The predicted octanol–water partition coefficient (Wildman–Crippen LogP) is -1.47. The first-order valence-corrected chi connectivity index (χ1v) is 19.7.